The summed E-state index contributed by atoms with van der Waals surface area (Å²) in [6.45, 7) is 8.80. The first-order valence-corrected chi connectivity index (χ1v) is 12.9. The molecule has 7 nitrogen and oxygen atoms in total. The maximum atomic E-state index is 13.0. The molecule has 1 aliphatic rings. The van der Waals surface area contributed by atoms with Crippen molar-refractivity contribution in [3.05, 3.63) is 60.2 Å². The van der Waals surface area contributed by atoms with Crippen LogP contribution in [0.1, 0.15) is 19.4 Å². The smallest absolute Gasteiger partial charge is 0.235 e. The lowest BCUT2D eigenvalue weighted by Crippen LogP contribution is -2.50. The highest BCUT2D eigenvalue weighted by Gasteiger charge is 2.26. The van der Waals surface area contributed by atoms with Crippen LogP contribution in [-0.2, 0) is 11.3 Å². The maximum absolute atomic E-state index is 13.0. The number of hydrogen-bond donors (Lipinski definition) is 1. The predicted octanol–water partition coefficient (Wildman–Crippen LogP) is 4.51. The van der Waals surface area contributed by atoms with E-state index in [4.69, 9.17) is 4.74 Å². The van der Waals surface area contributed by atoms with E-state index in [0.29, 0.717) is 11.7 Å². The van der Waals surface area contributed by atoms with Crippen LogP contribution >= 0.6 is 23.1 Å². The maximum Gasteiger partial charge on any atom is 0.235 e. The molecular formula is C24H29N5O2S2. The van der Waals surface area contributed by atoms with Crippen LogP contribution in [0.2, 0.25) is 0 Å². The largest absolute Gasteiger partial charge is 0.494 e. The van der Waals surface area contributed by atoms with Gasteiger partial charge >= 0.3 is 0 Å². The highest BCUT2D eigenvalue weighted by molar-refractivity contribution is 8.02. The highest BCUT2D eigenvalue weighted by Crippen LogP contribution is 2.31. The van der Waals surface area contributed by atoms with Crippen molar-refractivity contribution in [2.45, 2.75) is 30.0 Å². The van der Waals surface area contributed by atoms with Crippen molar-refractivity contribution < 1.29 is 9.53 Å². The fourth-order valence-electron chi connectivity index (χ4n) is 3.66. The molecule has 9 heteroatoms. The van der Waals surface area contributed by atoms with Crippen LogP contribution in [0, 0.1) is 0 Å². The third kappa shape index (κ3) is 6.69. The molecule has 1 N–H and O–H groups in total. The molecule has 1 amide bonds. The summed E-state index contributed by atoms with van der Waals surface area (Å²) in [5.41, 5.74) is 2.23. The Balaban J connectivity index is 1.24. The van der Waals surface area contributed by atoms with E-state index >= 15 is 0 Å². The molecule has 4 rings (SSSR count). The molecule has 2 heterocycles. The third-order valence-corrected chi connectivity index (χ3v) is 7.39. The fraction of sp³-hybridized carbons (Fsp3) is 0.375. The number of amides is 1. The molecule has 1 saturated heterocycles. The minimum atomic E-state index is -0.197. The number of thioether (sulfide) groups is 1. The van der Waals surface area contributed by atoms with Gasteiger partial charge in [0.05, 0.1) is 11.9 Å². The van der Waals surface area contributed by atoms with E-state index in [1.54, 1.807) is 0 Å². The van der Waals surface area contributed by atoms with Crippen LogP contribution in [-0.4, -0.2) is 63.9 Å². The molecule has 0 radical (unpaired) electrons. The van der Waals surface area contributed by atoms with Crippen LogP contribution in [0.15, 0.2) is 58.9 Å². The lowest BCUT2D eigenvalue weighted by Gasteiger charge is -2.35. The molecule has 0 saturated carbocycles. The van der Waals surface area contributed by atoms with E-state index in [9.17, 15) is 4.79 Å². The van der Waals surface area contributed by atoms with Crippen molar-refractivity contribution in [3.63, 3.8) is 0 Å². The van der Waals surface area contributed by atoms with Gasteiger partial charge in [-0.25, -0.2) is 0 Å². The van der Waals surface area contributed by atoms with Crippen LogP contribution in [0.25, 0.3) is 0 Å². The quantitative estimate of drug-likeness (QED) is 0.449. The second kappa shape index (κ2) is 11.5. The molecule has 1 atom stereocenters. The van der Waals surface area contributed by atoms with Crippen molar-refractivity contribution in [3.8, 4) is 5.75 Å². The summed E-state index contributed by atoms with van der Waals surface area (Å²) in [7, 11) is 0. The van der Waals surface area contributed by atoms with Gasteiger partial charge in [0.15, 0.2) is 4.34 Å². The van der Waals surface area contributed by atoms with E-state index in [1.807, 2.05) is 49.1 Å². The summed E-state index contributed by atoms with van der Waals surface area (Å²) in [6.07, 6.45) is 0. The summed E-state index contributed by atoms with van der Waals surface area (Å²) in [5.74, 6) is 1.00. The van der Waals surface area contributed by atoms with E-state index in [0.717, 1.165) is 48.5 Å². The molecule has 174 valence electrons. The number of benzene rings is 2. The number of carbonyl (C=O) groups is 1. The summed E-state index contributed by atoms with van der Waals surface area (Å²) in [5, 5.41) is 12.2. The zero-order valence-electron chi connectivity index (χ0n) is 18.9. The predicted molar refractivity (Wildman–Crippen MR) is 134 cm³/mol. The molecule has 2 aromatic carbocycles. The molecule has 1 aliphatic heterocycles. The van der Waals surface area contributed by atoms with Gasteiger partial charge in [-0.15, -0.1) is 10.2 Å². The topological polar surface area (TPSA) is 70.6 Å². The standard InChI is InChI=1S/C24H29N5O2S2/c1-3-31-21-11-9-20(10-12-21)25-23-26-27-24(33-23)32-18(2)22(30)29-15-13-28(14-16-29)17-19-7-5-4-6-8-19/h4-12,18H,3,13-17H2,1-2H3,(H,25,26)/t18-/m1/s1. The first kappa shape index (κ1) is 23.5. The molecule has 0 bridgehead atoms. The Morgan fingerprint density at radius 1 is 1.09 bits per heavy atom. The minimum Gasteiger partial charge on any atom is -0.494 e. The SMILES string of the molecule is CCOc1ccc(Nc2nnc(S[C@H](C)C(=O)N3CCN(Cc4ccccc4)CC3)s2)cc1. The molecular weight excluding hydrogens is 454 g/mol. The van der Waals surface area contributed by atoms with Crippen LogP contribution in [0.3, 0.4) is 0 Å². The van der Waals surface area contributed by atoms with Crippen LogP contribution < -0.4 is 10.1 Å². The van der Waals surface area contributed by atoms with E-state index in [1.165, 1.54) is 28.7 Å². The van der Waals surface area contributed by atoms with Gasteiger partial charge < -0.3 is 15.0 Å². The van der Waals surface area contributed by atoms with E-state index in [-0.39, 0.29) is 11.2 Å². The third-order valence-electron chi connectivity index (χ3n) is 5.38. The number of ether oxygens (including phenoxy) is 1. The average molecular weight is 484 g/mol. The second-order valence-electron chi connectivity index (χ2n) is 7.80. The van der Waals surface area contributed by atoms with Crippen LogP contribution in [0.4, 0.5) is 10.8 Å². The summed E-state index contributed by atoms with van der Waals surface area (Å²) < 4.78 is 6.25. The van der Waals surface area contributed by atoms with Crippen molar-refractivity contribution in [1.82, 2.24) is 20.0 Å². The lowest BCUT2D eigenvalue weighted by molar-refractivity contribution is -0.132. The van der Waals surface area contributed by atoms with Gasteiger partial charge in [0.1, 0.15) is 5.75 Å². The molecule has 1 aromatic heterocycles. The van der Waals surface area contributed by atoms with Crippen molar-refractivity contribution >= 4 is 39.8 Å². The number of nitrogens with one attached hydrogen (secondary N) is 1. The van der Waals surface area contributed by atoms with Crippen molar-refractivity contribution in [2.75, 3.05) is 38.1 Å². The van der Waals surface area contributed by atoms with Crippen LogP contribution in [0.5, 0.6) is 5.75 Å². The van der Waals surface area contributed by atoms with Crippen molar-refractivity contribution in [1.29, 1.82) is 0 Å². The summed E-state index contributed by atoms with van der Waals surface area (Å²) >= 11 is 2.92. The van der Waals surface area contributed by atoms with Gasteiger partial charge in [-0.05, 0) is 43.7 Å². The number of rotatable bonds is 9. The molecule has 0 aliphatic carbocycles. The van der Waals surface area contributed by atoms with E-state index < -0.39 is 0 Å². The Bertz CT molecular complexity index is 1020. The minimum absolute atomic E-state index is 0.163. The Hall–Kier alpha value is -2.62. The first-order valence-electron chi connectivity index (χ1n) is 11.2. The number of carbonyl (C=O) groups excluding carboxylic acids is 1. The van der Waals surface area contributed by atoms with Gasteiger partial charge in [-0.2, -0.15) is 0 Å². The molecule has 1 fully saturated rings. The fourth-order valence-corrected chi connectivity index (χ4v) is 5.66. The Morgan fingerprint density at radius 2 is 1.82 bits per heavy atom. The van der Waals surface area contributed by atoms with Gasteiger partial charge in [0, 0.05) is 38.4 Å². The molecule has 0 spiro atoms. The summed E-state index contributed by atoms with van der Waals surface area (Å²) in [4.78, 5) is 17.3. The monoisotopic (exact) mass is 483 g/mol. The molecule has 33 heavy (non-hydrogen) atoms. The van der Waals surface area contributed by atoms with Gasteiger partial charge in [-0.1, -0.05) is 53.4 Å². The normalized spacial score (nSPS) is 15.3. The number of nitrogens with zero attached hydrogens (tertiary/aromatic N) is 4. The lowest BCUT2D eigenvalue weighted by atomic mass is 10.2. The number of anilines is 2. The average Bonchev–Trinajstić information content (AvgIpc) is 3.28. The van der Waals surface area contributed by atoms with Gasteiger partial charge in [0.25, 0.3) is 0 Å². The molecule has 0 unspecified atom stereocenters. The highest BCUT2D eigenvalue weighted by atomic mass is 32.2. The Kier molecular flexibility index (Phi) is 8.20. The number of piperazine rings is 1. The number of hydrogen-bond acceptors (Lipinski definition) is 8. The first-order chi connectivity index (χ1) is 16.1. The molecule has 3 aromatic rings. The van der Waals surface area contributed by atoms with Gasteiger partial charge in [-0.3, -0.25) is 9.69 Å². The number of aromatic nitrogens is 2. The summed E-state index contributed by atoms with van der Waals surface area (Å²) in [6, 6.07) is 18.2. The Morgan fingerprint density at radius 3 is 2.52 bits per heavy atom. The second-order valence-corrected chi connectivity index (χ2v) is 10.4. The van der Waals surface area contributed by atoms with Crippen molar-refractivity contribution in [2.24, 2.45) is 0 Å². The zero-order valence-corrected chi connectivity index (χ0v) is 20.6. The van der Waals surface area contributed by atoms with Gasteiger partial charge in [0.2, 0.25) is 11.0 Å². The Labute approximate surface area is 203 Å². The van der Waals surface area contributed by atoms with E-state index in [2.05, 4.69) is 44.7 Å². The zero-order chi connectivity index (χ0) is 23.0.